The average Bonchev–Trinajstić information content (AvgIpc) is 2.24. The largest absolute Gasteiger partial charge is 0.307 e. The molecule has 0 radical (unpaired) electrons. The van der Waals surface area contributed by atoms with Crippen LogP contribution in [-0.2, 0) is 0 Å². The Kier molecular flexibility index (Phi) is 4.66. The van der Waals surface area contributed by atoms with Gasteiger partial charge in [0.1, 0.15) is 0 Å². The van der Waals surface area contributed by atoms with E-state index in [2.05, 4.69) is 80.1 Å². The third-order valence-corrected chi connectivity index (χ3v) is 4.88. The van der Waals surface area contributed by atoms with E-state index in [0.29, 0.717) is 22.9 Å². The van der Waals surface area contributed by atoms with Crippen molar-refractivity contribution in [2.45, 2.75) is 66.0 Å². The summed E-state index contributed by atoms with van der Waals surface area (Å²) in [6, 6.07) is 9.65. The summed E-state index contributed by atoms with van der Waals surface area (Å²) in [5.41, 5.74) is 2.24. The maximum absolute atomic E-state index is 3.85. The van der Waals surface area contributed by atoms with Gasteiger partial charge in [-0.15, -0.1) is 0 Å². The molecule has 2 heteroatoms. The molecule has 0 heterocycles. The molecule has 1 aliphatic rings. The molecule has 1 nitrogen and oxygen atoms in total. The predicted octanol–water partition coefficient (Wildman–Crippen LogP) is 5.70. The molecule has 0 amide bonds. The van der Waals surface area contributed by atoms with E-state index in [1.165, 1.54) is 24.8 Å². The minimum absolute atomic E-state index is 0.405. The highest BCUT2D eigenvalue weighted by Gasteiger charge is 2.38. The molecule has 0 aliphatic heterocycles. The van der Waals surface area contributed by atoms with Gasteiger partial charge in [-0.1, -0.05) is 55.8 Å². The lowest BCUT2D eigenvalue weighted by Gasteiger charge is -2.46. The Morgan fingerprint density at radius 1 is 1.15 bits per heavy atom. The number of halogens is 1. The minimum atomic E-state index is 0.405. The van der Waals surface area contributed by atoms with Crippen LogP contribution in [0.2, 0.25) is 0 Å². The maximum atomic E-state index is 3.85. The van der Waals surface area contributed by atoms with Crippen LogP contribution in [0, 0.1) is 10.8 Å². The Bertz CT molecular complexity index is 448. The summed E-state index contributed by atoms with van der Waals surface area (Å²) in [7, 11) is 0. The van der Waals surface area contributed by atoms with Gasteiger partial charge in [-0.25, -0.2) is 0 Å². The van der Waals surface area contributed by atoms with Crippen LogP contribution in [0.5, 0.6) is 0 Å². The monoisotopic (exact) mass is 337 g/mol. The predicted molar refractivity (Wildman–Crippen MR) is 90.9 cm³/mol. The third kappa shape index (κ3) is 4.33. The van der Waals surface area contributed by atoms with Crippen LogP contribution >= 0.6 is 15.9 Å². The highest BCUT2D eigenvalue weighted by atomic mass is 79.9. The number of rotatable bonds is 3. The molecular formula is C18H28BrN. The first-order valence-corrected chi connectivity index (χ1v) is 8.48. The smallest absolute Gasteiger partial charge is 0.0294 e. The van der Waals surface area contributed by atoms with E-state index in [1.54, 1.807) is 0 Å². The highest BCUT2D eigenvalue weighted by Crippen LogP contribution is 2.46. The molecule has 1 atom stereocenters. The van der Waals surface area contributed by atoms with Crippen LogP contribution in [0.1, 0.15) is 65.5 Å². The van der Waals surface area contributed by atoms with Crippen molar-refractivity contribution in [1.82, 2.24) is 5.32 Å². The summed E-state index contributed by atoms with van der Waals surface area (Å²) in [4.78, 5) is 0. The Hall–Kier alpha value is -0.340. The van der Waals surface area contributed by atoms with Gasteiger partial charge in [0, 0.05) is 16.6 Å². The quantitative estimate of drug-likeness (QED) is 0.745. The summed E-state index contributed by atoms with van der Waals surface area (Å²) in [6.07, 6.45) is 3.87. The Morgan fingerprint density at radius 2 is 1.75 bits per heavy atom. The van der Waals surface area contributed by atoms with E-state index in [4.69, 9.17) is 0 Å². The van der Waals surface area contributed by atoms with Gasteiger partial charge in [-0.3, -0.25) is 0 Å². The highest BCUT2D eigenvalue weighted by molar-refractivity contribution is 9.10. The van der Waals surface area contributed by atoms with Crippen LogP contribution in [0.25, 0.3) is 0 Å². The molecule has 112 valence electrons. The van der Waals surface area contributed by atoms with E-state index >= 15 is 0 Å². The van der Waals surface area contributed by atoms with Gasteiger partial charge >= 0.3 is 0 Å². The van der Waals surface area contributed by atoms with Crippen molar-refractivity contribution in [3.8, 4) is 0 Å². The molecule has 1 aromatic carbocycles. The summed E-state index contributed by atoms with van der Waals surface area (Å²) < 4.78 is 1.16. The second kappa shape index (κ2) is 5.81. The third-order valence-electron chi connectivity index (χ3n) is 4.39. The standard InChI is InChI=1S/C18H28BrN/c1-13(14-7-6-8-15(19)9-14)20-16-10-17(2,3)12-18(4,5)11-16/h6-9,13,16,20H,10-12H2,1-5H3/t13-/m0/s1. The van der Waals surface area contributed by atoms with Crippen LogP contribution in [0.3, 0.4) is 0 Å². The summed E-state index contributed by atoms with van der Waals surface area (Å²) in [6.45, 7) is 11.9. The van der Waals surface area contributed by atoms with Crippen LogP contribution < -0.4 is 5.32 Å². The minimum Gasteiger partial charge on any atom is -0.307 e. The second-order valence-corrected chi connectivity index (χ2v) is 8.97. The fourth-order valence-corrected chi connectivity index (χ4v) is 4.61. The van der Waals surface area contributed by atoms with Gasteiger partial charge < -0.3 is 5.32 Å². The lowest BCUT2D eigenvalue weighted by Crippen LogP contribution is -2.44. The molecular weight excluding hydrogens is 310 g/mol. The zero-order valence-electron chi connectivity index (χ0n) is 13.5. The van der Waals surface area contributed by atoms with Gasteiger partial charge in [0.15, 0.2) is 0 Å². The maximum Gasteiger partial charge on any atom is 0.0294 e. The molecule has 1 aliphatic carbocycles. The van der Waals surface area contributed by atoms with Crippen LogP contribution in [-0.4, -0.2) is 6.04 Å². The Balaban J connectivity index is 2.05. The molecule has 1 N–H and O–H groups in total. The number of hydrogen-bond donors (Lipinski definition) is 1. The van der Waals surface area contributed by atoms with E-state index < -0.39 is 0 Å². The van der Waals surface area contributed by atoms with Crippen molar-refractivity contribution in [3.63, 3.8) is 0 Å². The normalized spacial score (nSPS) is 23.5. The average molecular weight is 338 g/mol. The van der Waals surface area contributed by atoms with Gasteiger partial charge in [0.2, 0.25) is 0 Å². The Labute approximate surface area is 132 Å². The first-order chi connectivity index (χ1) is 9.17. The summed E-state index contributed by atoms with van der Waals surface area (Å²) in [5.74, 6) is 0. The topological polar surface area (TPSA) is 12.0 Å². The van der Waals surface area contributed by atoms with Crippen molar-refractivity contribution in [1.29, 1.82) is 0 Å². The summed E-state index contributed by atoms with van der Waals surface area (Å²) in [5, 5.41) is 3.85. The van der Waals surface area contributed by atoms with Crippen molar-refractivity contribution >= 4 is 15.9 Å². The van der Waals surface area contributed by atoms with Crippen LogP contribution in [0.4, 0.5) is 0 Å². The van der Waals surface area contributed by atoms with Crippen molar-refractivity contribution in [2.24, 2.45) is 10.8 Å². The lowest BCUT2D eigenvalue weighted by atomic mass is 9.63. The van der Waals surface area contributed by atoms with Gasteiger partial charge in [0.25, 0.3) is 0 Å². The number of nitrogens with one attached hydrogen (secondary N) is 1. The number of benzene rings is 1. The van der Waals surface area contributed by atoms with Crippen molar-refractivity contribution < 1.29 is 0 Å². The fourth-order valence-electron chi connectivity index (χ4n) is 4.19. The summed E-state index contributed by atoms with van der Waals surface area (Å²) >= 11 is 3.56. The molecule has 1 fully saturated rings. The molecule has 1 saturated carbocycles. The first-order valence-electron chi connectivity index (χ1n) is 7.68. The molecule has 0 saturated heterocycles. The van der Waals surface area contributed by atoms with Crippen molar-refractivity contribution in [3.05, 3.63) is 34.3 Å². The Morgan fingerprint density at radius 3 is 2.30 bits per heavy atom. The molecule has 0 aromatic heterocycles. The van der Waals surface area contributed by atoms with E-state index in [-0.39, 0.29) is 0 Å². The molecule has 0 unspecified atom stereocenters. The zero-order valence-corrected chi connectivity index (χ0v) is 15.0. The molecule has 1 aromatic rings. The van der Waals surface area contributed by atoms with Crippen molar-refractivity contribution in [2.75, 3.05) is 0 Å². The second-order valence-electron chi connectivity index (χ2n) is 8.05. The fraction of sp³-hybridized carbons (Fsp3) is 0.667. The van der Waals surface area contributed by atoms with Gasteiger partial charge in [-0.2, -0.15) is 0 Å². The lowest BCUT2D eigenvalue weighted by molar-refractivity contribution is 0.0811. The number of hydrogen-bond acceptors (Lipinski definition) is 1. The van der Waals surface area contributed by atoms with E-state index in [0.717, 1.165) is 4.47 Å². The molecule has 20 heavy (non-hydrogen) atoms. The van der Waals surface area contributed by atoms with E-state index in [1.807, 2.05) is 0 Å². The zero-order chi connectivity index (χ0) is 15.0. The van der Waals surface area contributed by atoms with Crippen LogP contribution in [0.15, 0.2) is 28.7 Å². The molecule has 2 rings (SSSR count). The SMILES string of the molecule is C[C@H](NC1CC(C)(C)CC(C)(C)C1)c1cccc(Br)c1. The molecule has 0 spiro atoms. The first kappa shape index (κ1) is 16.0. The van der Waals surface area contributed by atoms with E-state index in [9.17, 15) is 0 Å². The molecule has 0 bridgehead atoms. The van der Waals surface area contributed by atoms with Gasteiger partial charge in [0.05, 0.1) is 0 Å². The van der Waals surface area contributed by atoms with Gasteiger partial charge in [-0.05, 0) is 54.7 Å².